The summed E-state index contributed by atoms with van der Waals surface area (Å²) in [6, 6.07) is 42.4. The van der Waals surface area contributed by atoms with E-state index in [4.69, 9.17) is 9.97 Å². The van der Waals surface area contributed by atoms with Crippen LogP contribution in [0.15, 0.2) is 132 Å². The minimum atomic E-state index is 0.910. The second kappa shape index (κ2) is 11.4. The molecule has 0 saturated carbocycles. The highest BCUT2D eigenvalue weighted by atomic mass is 32.1. The number of hydrogen-bond donors (Lipinski definition) is 2. The van der Waals surface area contributed by atoms with Gasteiger partial charge in [-0.05, 0) is 87.6 Å². The highest BCUT2D eigenvalue weighted by Gasteiger charge is 2.18. The molecule has 4 aromatic heterocycles. The lowest BCUT2D eigenvalue weighted by molar-refractivity contribution is 1.31. The maximum absolute atomic E-state index is 5.34. The molecule has 7 aromatic rings. The number of rotatable bonds is 4. The Morgan fingerprint density at radius 2 is 0.702 bits per heavy atom. The van der Waals surface area contributed by atoms with Crippen molar-refractivity contribution in [1.82, 2.24) is 19.9 Å². The molecule has 2 aliphatic rings. The molecule has 8 bridgehead atoms. The first kappa shape index (κ1) is 27.3. The van der Waals surface area contributed by atoms with Crippen LogP contribution in [0.1, 0.15) is 22.8 Å². The molecule has 0 unspecified atom stereocenters. The normalized spacial score (nSPS) is 12.1. The first-order chi connectivity index (χ1) is 23.3. The van der Waals surface area contributed by atoms with Gasteiger partial charge in [-0.3, -0.25) is 0 Å². The Hall–Kier alpha value is -6.04. The number of fused-ring (bicyclic) bond motifs is 8. The van der Waals surface area contributed by atoms with Crippen LogP contribution in [0, 0.1) is 0 Å². The van der Waals surface area contributed by atoms with E-state index in [2.05, 4.69) is 166 Å². The fourth-order valence-electron chi connectivity index (χ4n) is 6.64. The number of benzene rings is 3. The topological polar surface area (TPSA) is 57.4 Å². The first-order valence-electron chi connectivity index (χ1n) is 15.7. The van der Waals surface area contributed by atoms with Gasteiger partial charge >= 0.3 is 0 Å². The average molecular weight is 621 g/mol. The van der Waals surface area contributed by atoms with Gasteiger partial charge in [-0.2, -0.15) is 11.3 Å². The molecule has 0 atom stereocenters. The summed E-state index contributed by atoms with van der Waals surface area (Å²) < 4.78 is 0. The van der Waals surface area contributed by atoms with E-state index in [1.165, 1.54) is 0 Å². The summed E-state index contributed by atoms with van der Waals surface area (Å²) in [6.45, 7) is 0. The van der Waals surface area contributed by atoms with Crippen molar-refractivity contribution in [1.29, 1.82) is 0 Å². The van der Waals surface area contributed by atoms with Crippen molar-refractivity contribution in [2.45, 2.75) is 0 Å². The molecule has 47 heavy (non-hydrogen) atoms. The monoisotopic (exact) mass is 620 g/mol. The molecule has 6 heterocycles. The summed E-state index contributed by atoms with van der Waals surface area (Å²) in [4.78, 5) is 18.3. The Morgan fingerprint density at radius 1 is 0.362 bits per heavy atom. The Labute approximate surface area is 276 Å². The van der Waals surface area contributed by atoms with Crippen LogP contribution in [-0.4, -0.2) is 19.9 Å². The molecule has 3 aromatic carbocycles. The fraction of sp³-hybridized carbons (Fsp3) is 0. The molecular formula is C42H28N4S. The summed E-state index contributed by atoms with van der Waals surface area (Å²) in [7, 11) is 0. The van der Waals surface area contributed by atoms with E-state index in [0.29, 0.717) is 0 Å². The molecule has 0 saturated heterocycles. The zero-order valence-electron chi connectivity index (χ0n) is 25.3. The summed E-state index contributed by atoms with van der Waals surface area (Å²) in [5, 5.41) is 4.31. The summed E-state index contributed by atoms with van der Waals surface area (Å²) >= 11 is 1.69. The maximum atomic E-state index is 5.34. The van der Waals surface area contributed by atoms with E-state index in [-0.39, 0.29) is 0 Å². The largest absolute Gasteiger partial charge is 0.354 e. The molecule has 0 aliphatic carbocycles. The van der Waals surface area contributed by atoms with Gasteiger partial charge in [0, 0.05) is 44.3 Å². The van der Waals surface area contributed by atoms with Crippen molar-refractivity contribution < 1.29 is 0 Å². The lowest BCUT2D eigenvalue weighted by Gasteiger charge is -2.06. The average Bonchev–Trinajstić information content (AvgIpc) is 3.97. The smallest absolute Gasteiger partial charge is 0.0737 e. The van der Waals surface area contributed by atoms with E-state index in [1.54, 1.807) is 11.3 Å². The van der Waals surface area contributed by atoms with Gasteiger partial charge in [0.15, 0.2) is 0 Å². The number of H-pyrrole nitrogens is 2. The van der Waals surface area contributed by atoms with Gasteiger partial charge in [-0.15, -0.1) is 0 Å². The molecule has 0 radical (unpaired) electrons. The van der Waals surface area contributed by atoms with Gasteiger partial charge in [-0.1, -0.05) is 91.0 Å². The zero-order valence-corrected chi connectivity index (χ0v) is 26.1. The van der Waals surface area contributed by atoms with Crippen LogP contribution >= 0.6 is 11.3 Å². The van der Waals surface area contributed by atoms with E-state index in [0.717, 1.165) is 89.4 Å². The number of nitrogens with one attached hydrogen (secondary N) is 2. The van der Waals surface area contributed by atoms with Gasteiger partial charge in [0.25, 0.3) is 0 Å². The predicted octanol–water partition coefficient (Wildman–Crippen LogP) is 11.4. The van der Waals surface area contributed by atoms with Gasteiger partial charge < -0.3 is 9.97 Å². The zero-order chi connectivity index (χ0) is 31.2. The van der Waals surface area contributed by atoms with Crippen LogP contribution < -0.4 is 0 Å². The number of aromatic amines is 2. The van der Waals surface area contributed by atoms with Gasteiger partial charge in [0.05, 0.1) is 22.8 Å². The molecule has 0 fully saturated rings. The highest BCUT2D eigenvalue weighted by molar-refractivity contribution is 7.08. The van der Waals surface area contributed by atoms with Crippen LogP contribution in [-0.2, 0) is 0 Å². The third-order valence-corrected chi connectivity index (χ3v) is 9.43. The number of nitrogens with zero attached hydrogens (tertiary/aromatic N) is 2. The molecule has 2 aliphatic heterocycles. The SMILES string of the molecule is C1=Cc2nc1c(-c1ccccc1)c1ccc([nH]1)c(-c1ccccc1)c1nc(c(-c3ccsc3)c3ccc([nH]3)c2-c2ccccc2)C=C1. The predicted molar refractivity (Wildman–Crippen MR) is 198 cm³/mol. The standard InChI is InChI=1S/C42H28N4S/c1-4-10-27(11-5-1)39-31-16-18-33(43-31)40(28-12-6-2-7-13-28)35-20-22-37(45-35)42(30-24-25-47-26-30)38-23-21-36(46-38)41(29-14-8-3-9-15-29)34-19-17-32(39)44-34/h1-26,43,46H. The molecule has 0 spiro atoms. The van der Waals surface area contributed by atoms with E-state index >= 15 is 0 Å². The number of aromatic nitrogens is 4. The van der Waals surface area contributed by atoms with Crippen molar-refractivity contribution in [3.63, 3.8) is 0 Å². The maximum Gasteiger partial charge on any atom is 0.0737 e. The number of hydrogen-bond acceptors (Lipinski definition) is 3. The van der Waals surface area contributed by atoms with Crippen LogP contribution in [0.25, 0.3) is 90.9 Å². The van der Waals surface area contributed by atoms with Crippen molar-refractivity contribution in [3.05, 3.63) is 155 Å². The minimum Gasteiger partial charge on any atom is -0.354 e. The van der Waals surface area contributed by atoms with Crippen molar-refractivity contribution in [2.24, 2.45) is 0 Å². The molecule has 4 nitrogen and oxygen atoms in total. The molecule has 5 heteroatoms. The molecule has 0 amide bonds. The Kier molecular flexibility index (Phi) is 6.61. The molecule has 2 N–H and O–H groups in total. The van der Waals surface area contributed by atoms with Crippen LogP contribution in [0.3, 0.4) is 0 Å². The minimum absolute atomic E-state index is 0.910. The second-order valence-electron chi connectivity index (χ2n) is 11.6. The van der Waals surface area contributed by atoms with Crippen LogP contribution in [0.5, 0.6) is 0 Å². The lowest BCUT2D eigenvalue weighted by Crippen LogP contribution is -1.89. The quantitative estimate of drug-likeness (QED) is 0.206. The van der Waals surface area contributed by atoms with Crippen molar-refractivity contribution in [2.75, 3.05) is 0 Å². The number of thiophene rings is 1. The summed E-state index contributed by atoms with van der Waals surface area (Å²) in [5.74, 6) is 0. The Bertz CT molecular complexity index is 2450. The Balaban J connectivity index is 1.49. The third-order valence-electron chi connectivity index (χ3n) is 8.75. The molecule has 9 rings (SSSR count). The van der Waals surface area contributed by atoms with Crippen molar-refractivity contribution >= 4 is 57.7 Å². The van der Waals surface area contributed by atoms with Crippen LogP contribution in [0.2, 0.25) is 0 Å². The van der Waals surface area contributed by atoms with Gasteiger partial charge in [0.2, 0.25) is 0 Å². The summed E-state index contributed by atoms with van der Waals surface area (Å²) in [5.41, 5.74) is 16.3. The lowest BCUT2D eigenvalue weighted by atomic mass is 10.0. The second-order valence-corrected chi connectivity index (χ2v) is 12.4. The fourth-order valence-corrected chi connectivity index (χ4v) is 7.29. The van der Waals surface area contributed by atoms with Crippen molar-refractivity contribution in [3.8, 4) is 44.5 Å². The van der Waals surface area contributed by atoms with Gasteiger partial charge in [-0.25, -0.2) is 9.97 Å². The van der Waals surface area contributed by atoms with Crippen LogP contribution in [0.4, 0.5) is 0 Å². The third kappa shape index (κ3) is 4.85. The molecular weight excluding hydrogens is 593 g/mol. The van der Waals surface area contributed by atoms with Gasteiger partial charge in [0.1, 0.15) is 0 Å². The van der Waals surface area contributed by atoms with E-state index in [1.807, 2.05) is 0 Å². The Morgan fingerprint density at radius 3 is 1.02 bits per heavy atom. The van der Waals surface area contributed by atoms with E-state index in [9.17, 15) is 0 Å². The first-order valence-corrected chi connectivity index (χ1v) is 16.6. The summed E-state index contributed by atoms with van der Waals surface area (Å²) in [6.07, 6.45) is 8.55. The van der Waals surface area contributed by atoms with E-state index < -0.39 is 0 Å². The highest BCUT2D eigenvalue weighted by Crippen LogP contribution is 2.38. The molecule has 222 valence electrons.